The zero-order chi connectivity index (χ0) is 17.9. The summed E-state index contributed by atoms with van der Waals surface area (Å²) in [6.45, 7) is 4.72. The molecule has 0 aliphatic rings. The average Bonchev–Trinajstić information content (AvgIpc) is 3.07. The van der Waals surface area contributed by atoms with E-state index in [1.54, 1.807) is 26.0 Å². The van der Waals surface area contributed by atoms with E-state index < -0.39 is 11.0 Å². The van der Waals surface area contributed by atoms with Crippen LogP contribution < -0.4 is 5.32 Å². The van der Waals surface area contributed by atoms with Crippen LogP contribution in [0.2, 0.25) is 0 Å². The fourth-order valence-electron chi connectivity index (χ4n) is 2.55. The lowest BCUT2D eigenvalue weighted by Gasteiger charge is -2.16. The van der Waals surface area contributed by atoms with Gasteiger partial charge in [-0.15, -0.1) is 0 Å². The van der Waals surface area contributed by atoms with Crippen molar-refractivity contribution in [1.29, 1.82) is 0 Å². The fourth-order valence-corrected chi connectivity index (χ4v) is 2.55. The SMILES string of the molecule is Cc1nn(CC(=O)NC(C)CC(O)c2ccco2)c(C)c1[N+](=O)[O-]. The van der Waals surface area contributed by atoms with E-state index >= 15 is 0 Å². The van der Waals surface area contributed by atoms with Crippen LogP contribution in [0.4, 0.5) is 5.69 Å². The number of amides is 1. The standard InChI is InChI=1S/C15H20N4O5/c1-9(7-12(20)13-5-4-6-24-13)16-14(21)8-18-11(3)15(19(22)23)10(2)17-18/h4-6,9,12,20H,7-8H2,1-3H3,(H,16,21). The Morgan fingerprint density at radius 1 is 1.54 bits per heavy atom. The van der Waals surface area contributed by atoms with Crippen molar-refractivity contribution in [3.8, 4) is 0 Å². The van der Waals surface area contributed by atoms with Crippen LogP contribution in [0, 0.1) is 24.0 Å². The second-order valence-corrected chi connectivity index (χ2v) is 5.67. The van der Waals surface area contributed by atoms with E-state index in [1.807, 2.05) is 0 Å². The van der Waals surface area contributed by atoms with Crippen molar-refractivity contribution in [2.45, 2.75) is 45.9 Å². The van der Waals surface area contributed by atoms with E-state index in [0.717, 1.165) is 0 Å². The Labute approximate surface area is 138 Å². The van der Waals surface area contributed by atoms with E-state index in [0.29, 0.717) is 11.5 Å². The molecule has 9 heteroatoms. The van der Waals surface area contributed by atoms with Crippen molar-refractivity contribution in [3.63, 3.8) is 0 Å². The summed E-state index contributed by atoms with van der Waals surface area (Å²) in [4.78, 5) is 22.5. The van der Waals surface area contributed by atoms with Crippen LogP contribution in [-0.2, 0) is 11.3 Å². The molecule has 1 amide bonds. The van der Waals surface area contributed by atoms with Crippen molar-refractivity contribution < 1.29 is 19.2 Å². The van der Waals surface area contributed by atoms with Crippen LogP contribution in [0.1, 0.15) is 36.6 Å². The summed E-state index contributed by atoms with van der Waals surface area (Å²) >= 11 is 0. The van der Waals surface area contributed by atoms with Crippen LogP contribution in [0.5, 0.6) is 0 Å². The summed E-state index contributed by atoms with van der Waals surface area (Å²) in [7, 11) is 0. The van der Waals surface area contributed by atoms with Gasteiger partial charge in [0.25, 0.3) is 0 Å². The minimum Gasteiger partial charge on any atom is -0.467 e. The predicted molar refractivity (Wildman–Crippen MR) is 84.2 cm³/mol. The number of hydrogen-bond acceptors (Lipinski definition) is 6. The smallest absolute Gasteiger partial charge is 0.312 e. The summed E-state index contributed by atoms with van der Waals surface area (Å²) in [6.07, 6.45) is 0.943. The zero-order valence-electron chi connectivity index (χ0n) is 13.7. The molecule has 0 aromatic carbocycles. The maximum atomic E-state index is 12.1. The van der Waals surface area contributed by atoms with Gasteiger partial charge in [-0.2, -0.15) is 5.10 Å². The zero-order valence-corrected chi connectivity index (χ0v) is 13.7. The number of hydrogen-bond donors (Lipinski definition) is 2. The van der Waals surface area contributed by atoms with Gasteiger partial charge in [0.2, 0.25) is 5.91 Å². The van der Waals surface area contributed by atoms with Gasteiger partial charge in [0.15, 0.2) is 0 Å². The molecule has 0 aliphatic heterocycles. The lowest BCUT2D eigenvalue weighted by Crippen LogP contribution is -2.36. The molecule has 0 saturated carbocycles. The third kappa shape index (κ3) is 3.99. The molecule has 0 bridgehead atoms. The molecule has 2 heterocycles. The van der Waals surface area contributed by atoms with Gasteiger partial charge in [0.1, 0.15) is 29.8 Å². The highest BCUT2D eigenvalue weighted by molar-refractivity contribution is 5.76. The summed E-state index contributed by atoms with van der Waals surface area (Å²) in [6, 6.07) is 3.04. The van der Waals surface area contributed by atoms with Gasteiger partial charge < -0.3 is 14.8 Å². The number of nitrogens with zero attached hydrogens (tertiary/aromatic N) is 3. The first kappa shape index (κ1) is 17.7. The molecular formula is C15H20N4O5. The number of furan rings is 1. The third-order valence-electron chi connectivity index (χ3n) is 3.68. The molecule has 0 saturated heterocycles. The quantitative estimate of drug-likeness (QED) is 0.585. The second-order valence-electron chi connectivity index (χ2n) is 5.67. The van der Waals surface area contributed by atoms with Gasteiger partial charge in [0, 0.05) is 12.5 Å². The Bertz CT molecular complexity index is 723. The van der Waals surface area contributed by atoms with Gasteiger partial charge >= 0.3 is 5.69 Å². The molecule has 0 fully saturated rings. The first-order chi connectivity index (χ1) is 11.3. The monoisotopic (exact) mass is 336 g/mol. The summed E-state index contributed by atoms with van der Waals surface area (Å²) in [5, 5.41) is 27.7. The molecule has 2 aromatic rings. The van der Waals surface area contributed by atoms with E-state index in [4.69, 9.17) is 4.42 Å². The molecule has 2 unspecified atom stereocenters. The lowest BCUT2D eigenvalue weighted by molar-refractivity contribution is -0.386. The Hall–Kier alpha value is -2.68. The van der Waals surface area contributed by atoms with Crippen LogP contribution in [0.15, 0.2) is 22.8 Å². The number of aliphatic hydroxyl groups excluding tert-OH is 1. The molecule has 0 radical (unpaired) electrons. The number of carbonyl (C=O) groups is 1. The number of rotatable bonds is 7. The maximum Gasteiger partial charge on any atom is 0.312 e. The van der Waals surface area contributed by atoms with Crippen LogP contribution in [0.3, 0.4) is 0 Å². The lowest BCUT2D eigenvalue weighted by atomic mass is 10.1. The number of carbonyl (C=O) groups excluding carboxylic acids is 1. The highest BCUT2D eigenvalue weighted by Crippen LogP contribution is 2.22. The molecular weight excluding hydrogens is 316 g/mol. The molecule has 0 spiro atoms. The van der Waals surface area contributed by atoms with Crippen LogP contribution >= 0.6 is 0 Å². The molecule has 2 N–H and O–H groups in total. The number of nitrogens with one attached hydrogen (secondary N) is 1. The second kappa shape index (κ2) is 7.26. The molecule has 24 heavy (non-hydrogen) atoms. The summed E-state index contributed by atoms with van der Waals surface area (Å²) in [5.41, 5.74) is 0.520. The van der Waals surface area contributed by atoms with E-state index in [2.05, 4.69) is 10.4 Å². The molecule has 2 aromatic heterocycles. The topological polar surface area (TPSA) is 123 Å². The minimum atomic E-state index is -0.815. The highest BCUT2D eigenvalue weighted by Gasteiger charge is 2.23. The molecule has 9 nitrogen and oxygen atoms in total. The average molecular weight is 336 g/mol. The van der Waals surface area contributed by atoms with Crippen molar-refractivity contribution >= 4 is 11.6 Å². The van der Waals surface area contributed by atoms with Crippen molar-refractivity contribution in [3.05, 3.63) is 45.7 Å². The summed E-state index contributed by atoms with van der Waals surface area (Å²) in [5.74, 6) is 0.0971. The van der Waals surface area contributed by atoms with Gasteiger partial charge in [-0.3, -0.25) is 19.6 Å². The molecule has 0 aliphatic carbocycles. The van der Waals surface area contributed by atoms with Gasteiger partial charge in [0.05, 0.1) is 11.2 Å². The van der Waals surface area contributed by atoms with Gasteiger partial charge in [-0.1, -0.05) is 0 Å². The normalized spacial score (nSPS) is 13.5. The fraction of sp³-hybridized carbons (Fsp3) is 0.467. The number of aryl methyl sites for hydroxylation is 1. The van der Waals surface area contributed by atoms with Crippen molar-refractivity contribution in [2.75, 3.05) is 0 Å². The number of aliphatic hydroxyl groups is 1. The Morgan fingerprint density at radius 3 is 2.79 bits per heavy atom. The maximum absolute atomic E-state index is 12.1. The summed E-state index contributed by atoms with van der Waals surface area (Å²) < 4.78 is 6.41. The molecule has 2 rings (SSSR count). The number of nitro groups is 1. The first-order valence-electron chi connectivity index (χ1n) is 7.48. The largest absolute Gasteiger partial charge is 0.467 e. The Balaban J connectivity index is 1.93. The molecule has 2 atom stereocenters. The number of aromatic nitrogens is 2. The van der Waals surface area contributed by atoms with E-state index in [-0.39, 0.29) is 36.3 Å². The van der Waals surface area contributed by atoms with E-state index in [1.165, 1.54) is 17.9 Å². The van der Waals surface area contributed by atoms with Gasteiger partial charge in [-0.05, 0) is 32.9 Å². The highest BCUT2D eigenvalue weighted by atomic mass is 16.6. The Kier molecular flexibility index (Phi) is 5.35. The van der Waals surface area contributed by atoms with Crippen molar-refractivity contribution in [2.24, 2.45) is 0 Å². The Morgan fingerprint density at radius 2 is 2.25 bits per heavy atom. The van der Waals surface area contributed by atoms with E-state index in [9.17, 15) is 20.0 Å². The minimum absolute atomic E-state index is 0.0795. The third-order valence-corrected chi connectivity index (χ3v) is 3.68. The van der Waals surface area contributed by atoms with Crippen LogP contribution in [0.25, 0.3) is 0 Å². The first-order valence-corrected chi connectivity index (χ1v) is 7.48. The molecule has 130 valence electrons. The van der Waals surface area contributed by atoms with Crippen LogP contribution in [-0.4, -0.2) is 31.8 Å². The predicted octanol–water partition coefficient (Wildman–Crippen LogP) is 1.63. The van der Waals surface area contributed by atoms with Crippen molar-refractivity contribution in [1.82, 2.24) is 15.1 Å². The van der Waals surface area contributed by atoms with Gasteiger partial charge in [-0.25, -0.2) is 0 Å².